The lowest BCUT2D eigenvalue weighted by molar-refractivity contribution is -0.142. The normalized spacial score (nSPS) is 21.4. The minimum Gasteiger partial charge on any atom is -0.334 e. The van der Waals surface area contributed by atoms with Crippen molar-refractivity contribution in [1.29, 1.82) is 0 Å². The molecule has 148 valence electrons. The zero-order valence-electron chi connectivity index (χ0n) is 16.8. The molecular weight excluding hydrogens is 338 g/mol. The van der Waals surface area contributed by atoms with E-state index in [1.165, 1.54) is 11.1 Å². The largest absolute Gasteiger partial charge is 0.334 e. The Morgan fingerprint density at radius 2 is 1.78 bits per heavy atom. The summed E-state index contributed by atoms with van der Waals surface area (Å²) in [6.07, 6.45) is 6.84. The highest BCUT2D eigenvalue weighted by Crippen LogP contribution is 2.31. The van der Waals surface area contributed by atoms with E-state index in [2.05, 4.69) is 43.3 Å². The molecule has 5 heteroatoms. The van der Waals surface area contributed by atoms with Gasteiger partial charge in [-0.3, -0.25) is 9.59 Å². The van der Waals surface area contributed by atoms with Gasteiger partial charge in [0.1, 0.15) is 0 Å². The number of piperidine rings is 1. The molecule has 2 amide bonds. The van der Waals surface area contributed by atoms with E-state index in [1.54, 1.807) is 4.90 Å². The van der Waals surface area contributed by atoms with Gasteiger partial charge in [0.25, 0.3) is 0 Å². The van der Waals surface area contributed by atoms with Crippen LogP contribution in [0.5, 0.6) is 0 Å². The van der Waals surface area contributed by atoms with Gasteiger partial charge in [0, 0.05) is 26.1 Å². The number of benzene rings is 1. The Balaban J connectivity index is 1.68. The zero-order valence-corrected chi connectivity index (χ0v) is 16.8. The molecule has 2 aliphatic rings. The monoisotopic (exact) mass is 371 g/mol. The van der Waals surface area contributed by atoms with E-state index in [4.69, 9.17) is 0 Å². The molecule has 2 heterocycles. The van der Waals surface area contributed by atoms with Gasteiger partial charge < -0.3 is 14.7 Å². The van der Waals surface area contributed by atoms with E-state index < -0.39 is 0 Å². The summed E-state index contributed by atoms with van der Waals surface area (Å²) in [6, 6.07) is 8.83. The molecular formula is C22H33N3O2. The standard InChI is InChI=1S/C22H33N3O2/c1-23(2)16-18-10-12-19(13-11-18)20-8-5-7-15-25(20)22(27)17-24-14-6-3-4-9-21(24)26/h10-13,20H,3-9,14-17H2,1-2H3/t20-/m1/s1. The molecule has 0 saturated carbocycles. The average molecular weight is 372 g/mol. The highest BCUT2D eigenvalue weighted by molar-refractivity contribution is 5.85. The fraction of sp³-hybridized carbons (Fsp3) is 0.636. The Hall–Kier alpha value is -1.88. The molecule has 2 aliphatic heterocycles. The molecule has 0 spiro atoms. The van der Waals surface area contributed by atoms with Gasteiger partial charge in [0.15, 0.2) is 0 Å². The highest BCUT2D eigenvalue weighted by atomic mass is 16.2. The number of amides is 2. The van der Waals surface area contributed by atoms with Crippen LogP contribution in [0.4, 0.5) is 0 Å². The molecule has 5 nitrogen and oxygen atoms in total. The Kier molecular flexibility index (Phi) is 6.89. The van der Waals surface area contributed by atoms with Crippen LogP contribution >= 0.6 is 0 Å². The maximum atomic E-state index is 13.0. The van der Waals surface area contributed by atoms with Gasteiger partial charge in [0.05, 0.1) is 12.6 Å². The second-order valence-electron chi connectivity index (χ2n) is 8.20. The quantitative estimate of drug-likeness (QED) is 0.798. The zero-order chi connectivity index (χ0) is 19.2. The summed E-state index contributed by atoms with van der Waals surface area (Å²) >= 11 is 0. The Bertz CT molecular complexity index is 641. The van der Waals surface area contributed by atoms with E-state index in [0.717, 1.165) is 58.2 Å². The predicted molar refractivity (Wildman–Crippen MR) is 107 cm³/mol. The fourth-order valence-corrected chi connectivity index (χ4v) is 4.25. The van der Waals surface area contributed by atoms with Crippen molar-refractivity contribution in [3.63, 3.8) is 0 Å². The van der Waals surface area contributed by atoms with E-state index >= 15 is 0 Å². The molecule has 0 aromatic heterocycles. The molecule has 2 saturated heterocycles. The van der Waals surface area contributed by atoms with Gasteiger partial charge >= 0.3 is 0 Å². The third-order valence-corrected chi connectivity index (χ3v) is 5.68. The van der Waals surface area contributed by atoms with Crippen molar-refractivity contribution in [2.45, 2.75) is 57.5 Å². The third kappa shape index (κ3) is 5.32. The van der Waals surface area contributed by atoms with E-state index in [1.807, 2.05) is 4.90 Å². The topological polar surface area (TPSA) is 43.9 Å². The van der Waals surface area contributed by atoms with Crippen LogP contribution < -0.4 is 0 Å². The van der Waals surface area contributed by atoms with Crippen molar-refractivity contribution in [2.75, 3.05) is 33.7 Å². The molecule has 0 radical (unpaired) electrons. The van der Waals surface area contributed by atoms with Gasteiger partial charge in [-0.25, -0.2) is 0 Å². The smallest absolute Gasteiger partial charge is 0.242 e. The van der Waals surface area contributed by atoms with Crippen LogP contribution in [-0.4, -0.2) is 60.2 Å². The maximum absolute atomic E-state index is 13.0. The number of nitrogens with zero attached hydrogens (tertiary/aromatic N) is 3. The van der Waals surface area contributed by atoms with E-state index in [0.29, 0.717) is 6.42 Å². The summed E-state index contributed by atoms with van der Waals surface area (Å²) in [7, 11) is 4.14. The summed E-state index contributed by atoms with van der Waals surface area (Å²) in [4.78, 5) is 31.3. The van der Waals surface area contributed by atoms with Crippen molar-refractivity contribution in [3.8, 4) is 0 Å². The maximum Gasteiger partial charge on any atom is 0.242 e. The van der Waals surface area contributed by atoms with E-state index in [9.17, 15) is 9.59 Å². The second kappa shape index (κ2) is 9.36. The molecule has 1 aromatic carbocycles. The molecule has 0 bridgehead atoms. The van der Waals surface area contributed by atoms with Crippen LogP contribution in [0.3, 0.4) is 0 Å². The van der Waals surface area contributed by atoms with Crippen LogP contribution in [0.2, 0.25) is 0 Å². The first kappa shape index (κ1) is 19.9. The summed E-state index contributed by atoms with van der Waals surface area (Å²) in [6.45, 7) is 2.69. The summed E-state index contributed by atoms with van der Waals surface area (Å²) in [5.74, 6) is 0.245. The van der Waals surface area contributed by atoms with Crippen LogP contribution in [0.25, 0.3) is 0 Å². The van der Waals surface area contributed by atoms with Gasteiger partial charge in [-0.05, 0) is 57.3 Å². The van der Waals surface area contributed by atoms with Crippen molar-refractivity contribution >= 4 is 11.8 Å². The summed E-state index contributed by atoms with van der Waals surface area (Å²) < 4.78 is 0. The second-order valence-corrected chi connectivity index (χ2v) is 8.20. The van der Waals surface area contributed by atoms with Crippen LogP contribution in [0.1, 0.15) is 62.1 Å². The van der Waals surface area contributed by atoms with Gasteiger partial charge in [-0.2, -0.15) is 0 Å². The Morgan fingerprint density at radius 1 is 1.04 bits per heavy atom. The van der Waals surface area contributed by atoms with Crippen LogP contribution in [0, 0.1) is 0 Å². The van der Waals surface area contributed by atoms with Crippen LogP contribution in [0.15, 0.2) is 24.3 Å². The minimum absolute atomic E-state index is 0.104. The molecule has 2 fully saturated rings. The molecule has 3 rings (SSSR count). The van der Waals surface area contributed by atoms with Gasteiger partial charge in [-0.15, -0.1) is 0 Å². The number of hydrogen-bond acceptors (Lipinski definition) is 3. The molecule has 1 atom stereocenters. The average Bonchev–Trinajstić information content (AvgIpc) is 2.86. The number of rotatable bonds is 5. The predicted octanol–water partition coefficient (Wildman–Crippen LogP) is 3.20. The molecule has 1 aromatic rings. The Labute approximate surface area is 163 Å². The summed E-state index contributed by atoms with van der Waals surface area (Å²) in [5.41, 5.74) is 2.50. The Morgan fingerprint density at radius 3 is 2.52 bits per heavy atom. The van der Waals surface area contributed by atoms with Gasteiger partial charge in [0.2, 0.25) is 11.8 Å². The lowest BCUT2D eigenvalue weighted by Gasteiger charge is -2.37. The number of carbonyl (C=O) groups is 2. The first-order valence-electron chi connectivity index (χ1n) is 10.4. The number of carbonyl (C=O) groups excluding carboxylic acids is 2. The lowest BCUT2D eigenvalue weighted by atomic mass is 9.94. The SMILES string of the molecule is CN(C)Cc1ccc([C@H]2CCCCN2C(=O)CN2CCCCCC2=O)cc1. The highest BCUT2D eigenvalue weighted by Gasteiger charge is 2.30. The fourth-order valence-electron chi connectivity index (χ4n) is 4.25. The third-order valence-electron chi connectivity index (χ3n) is 5.68. The molecule has 27 heavy (non-hydrogen) atoms. The van der Waals surface area contributed by atoms with E-state index in [-0.39, 0.29) is 24.4 Å². The van der Waals surface area contributed by atoms with Crippen molar-refractivity contribution in [3.05, 3.63) is 35.4 Å². The van der Waals surface area contributed by atoms with Crippen molar-refractivity contribution < 1.29 is 9.59 Å². The lowest BCUT2D eigenvalue weighted by Crippen LogP contribution is -2.45. The van der Waals surface area contributed by atoms with Gasteiger partial charge in [-0.1, -0.05) is 30.7 Å². The minimum atomic E-state index is 0.104. The van der Waals surface area contributed by atoms with Crippen LogP contribution in [-0.2, 0) is 16.1 Å². The van der Waals surface area contributed by atoms with Crippen molar-refractivity contribution in [1.82, 2.24) is 14.7 Å². The number of likely N-dealkylation sites (tertiary alicyclic amines) is 2. The first-order chi connectivity index (χ1) is 13.0. The molecule has 0 unspecified atom stereocenters. The molecule has 0 aliphatic carbocycles. The first-order valence-corrected chi connectivity index (χ1v) is 10.4. The summed E-state index contributed by atoms with van der Waals surface area (Å²) in [5, 5.41) is 0. The van der Waals surface area contributed by atoms with Crippen molar-refractivity contribution in [2.24, 2.45) is 0 Å². The number of hydrogen-bond donors (Lipinski definition) is 0. The molecule has 0 N–H and O–H groups in total.